The molecule has 0 saturated carbocycles. The van der Waals surface area contributed by atoms with Gasteiger partial charge in [0.15, 0.2) is 0 Å². The van der Waals surface area contributed by atoms with Gasteiger partial charge < -0.3 is 0 Å². The molecule has 0 bridgehead atoms. The number of aromatic nitrogens is 6. The fraction of sp³-hybridized carbons (Fsp3) is 0. The average molecular weight is 605 g/mol. The van der Waals surface area contributed by atoms with Crippen LogP contribution in [0.5, 0.6) is 0 Å². The molecule has 9 aromatic rings. The minimum Gasteiger partial charge on any atom is -0.255 e. The Kier molecular flexibility index (Phi) is 6.31. The highest BCUT2D eigenvalue weighted by atomic mass is 16.6. The summed E-state index contributed by atoms with van der Waals surface area (Å²) in [6.45, 7) is 0. The van der Waals surface area contributed by atoms with Crippen molar-refractivity contribution in [3.05, 3.63) is 146 Å². The first-order valence-corrected chi connectivity index (χ1v) is 15.3. The molecular formula is C40H24N6O. The molecule has 7 nitrogen and oxygen atoms in total. The molecule has 0 radical (unpaired) electrons. The predicted molar refractivity (Wildman–Crippen MR) is 185 cm³/mol. The van der Waals surface area contributed by atoms with Gasteiger partial charge in [0.05, 0.1) is 34.0 Å². The normalized spacial score (nSPS) is 11.4. The van der Waals surface area contributed by atoms with E-state index in [1.807, 2.05) is 72.8 Å². The summed E-state index contributed by atoms with van der Waals surface area (Å²) in [4.78, 5) is 19.2. The molecule has 47 heavy (non-hydrogen) atoms. The molecule has 0 aliphatic heterocycles. The van der Waals surface area contributed by atoms with E-state index in [4.69, 9.17) is 14.6 Å². The highest BCUT2D eigenvalue weighted by Gasteiger charge is 2.20. The van der Waals surface area contributed by atoms with Crippen molar-refractivity contribution in [2.45, 2.75) is 0 Å². The van der Waals surface area contributed by atoms with Gasteiger partial charge in [0.1, 0.15) is 11.0 Å². The van der Waals surface area contributed by atoms with Crippen LogP contribution in [0, 0.1) is 0 Å². The largest absolute Gasteiger partial charge is 0.255 e. The van der Waals surface area contributed by atoms with Crippen LogP contribution in [0.3, 0.4) is 0 Å². The first-order chi connectivity index (χ1) is 23.3. The van der Waals surface area contributed by atoms with E-state index < -0.39 is 0 Å². The predicted octanol–water partition coefficient (Wildman–Crippen LogP) is 9.44. The molecule has 0 amide bonds. The number of rotatable bonds is 5. The molecule has 4 aromatic carbocycles. The van der Waals surface area contributed by atoms with Crippen molar-refractivity contribution < 1.29 is 4.63 Å². The van der Waals surface area contributed by atoms with Crippen molar-refractivity contribution in [2.75, 3.05) is 0 Å². The molecule has 5 aromatic heterocycles. The van der Waals surface area contributed by atoms with E-state index in [2.05, 4.69) is 80.9 Å². The van der Waals surface area contributed by atoms with Crippen LogP contribution >= 0.6 is 0 Å². The molecule has 220 valence electrons. The van der Waals surface area contributed by atoms with E-state index in [1.165, 1.54) is 0 Å². The smallest absolute Gasteiger partial charge is 0.144 e. The third-order valence-corrected chi connectivity index (χ3v) is 8.46. The summed E-state index contributed by atoms with van der Waals surface area (Å²) in [5, 5.41) is 11.8. The molecule has 0 aliphatic rings. The maximum atomic E-state index is 5.39. The van der Waals surface area contributed by atoms with Gasteiger partial charge in [0.2, 0.25) is 0 Å². The zero-order valence-electron chi connectivity index (χ0n) is 24.9. The highest BCUT2D eigenvalue weighted by Crippen LogP contribution is 2.41. The minimum atomic E-state index is 0.708. The number of para-hydroxylation sites is 1. The van der Waals surface area contributed by atoms with E-state index in [0.717, 1.165) is 78.0 Å². The lowest BCUT2D eigenvalue weighted by Gasteiger charge is -2.13. The van der Waals surface area contributed by atoms with Gasteiger partial charge in [-0.15, -0.1) is 0 Å². The van der Waals surface area contributed by atoms with Crippen LogP contribution < -0.4 is 0 Å². The van der Waals surface area contributed by atoms with Crippen LogP contribution in [0.25, 0.3) is 89.0 Å². The quantitative estimate of drug-likeness (QED) is 0.181. The number of nitrogens with zero attached hydrogens (tertiary/aromatic N) is 6. The summed E-state index contributed by atoms with van der Waals surface area (Å²) in [7, 11) is 0. The van der Waals surface area contributed by atoms with Crippen molar-refractivity contribution in [3.8, 4) is 56.3 Å². The van der Waals surface area contributed by atoms with Crippen LogP contribution in [0.2, 0.25) is 0 Å². The van der Waals surface area contributed by atoms with Gasteiger partial charge in [-0.2, -0.15) is 0 Å². The SMILES string of the molecule is c1ccc(-c2nc3ccccc3c3c2cc(-c2ccc(-c4cc(-c5ccccn5)nc(-c5ccccn5)c4)cc2)c2nonc23)cc1. The zero-order valence-corrected chi connectivity index (χ0v) is 24.9. The van der Waals surface area contributed by atoms with E-state index in [9.17, 15) is 0 Å². The fourth-order valence-electron chi connectivity index (χ4n) is 6.23. The number of benzene rings is 4. The van der Waals surface area contributed by atoms with E-state index in [0.29, 0.717) is 11.0 Å². The monoisotopic (exact) mass is 604 g/mol. The van der Waals surface area contributed by atoms with Gasteiger partial charge >= 0.3 is 0 Å². The number of fused-ring (bicyclic) bond motifs is 5. The van der Waals surface area contributed by atoms with Crippen molar-refractivity contribution in [1.29, 1.82) is 0 Å². The third kappa shape index (κ3) is 4.69. The molecule has 7 heteroatoms. The number of pyridine rings is 4. The van der Waals surface area contributed by atoms with E-state index in [1.54, 1.807) is 12.4 Å². The second kappa shape index (κ2) is 11.1. The Morgan fingerprint density at radius 2 is 1.06 bits per heavy atom. The summed E-state index contributed by atoms with van der Waals surface area (Å²) in [6.07, 6.45) is 3.56. The summed E-state index contributed by atoms with van der Waals surface area (Å²) in [5.74, 6) is 0. The van der Waals surface area contributed by atoms with Gasteiger partial charge in [0.25, 0.3) is 0 Å². The van der Waals surface area contributed by atoms with Gasteiger partial charge in [-0.25, -0.2) is 14.6 Å². The molecule has 0 saturated heterocycles. The molecule has 0 N–H and O–H groups in total. The summed E-state index contributed by atoms with van der Waals surface area (Å²) in [5.41, 5.74) is 11.4. The Balaban J connectivity index is 1.21. The standard InChI is InChI=1S/C40H24N6O/c1-2-10-27(11-3-1)38-31-24-30(39-40(46-47-45-39)37(31)29-12-4-5-13-32(29)44-38)26-18-16-25(17-19-26)28-22-35(33-14-6-8-20-41-33)43-36(23-28)34-15-7-9-21-42-34/h1-24H. The maximum Gasteiger partial charge on any atom is 0.144 e. The van der Waals surface area contributed by atoms with Gasteiger partial charge in [-0.1, -0.05) is 84.9 Å². The second-order valence-electron chi connectivity index (χ2n) is 11.3. The zero-order chi connectivity index (χ0) is 31.2. The first-order valence-electron chi connectivity index (χ1n) is 15.3. The Hall–Kier alpha value is -6.60. The van der Waals surface area contributed by atoms with Crippen LogP contribution in [0.15, 0.2) is 150 Å². The first kappa shape index (κ1) is 26.8. The Bertz CT molecular complexity index is 2490. The lowest BCUT2D eigenvalue weighted by Crippen LogP contribution is -1.94. The lowest BCUT2D eigenvalue weighted by atomic mass is 9.93. The van der Waals surface area contributed by atoms with Gasteiger partial charge in [-0.3, -0.25) is 9.97 Å². The van der Waals surface area contributed by atoms with Gasteiger partial charge in [0, 0.05) is 39.7 Å². The highest BCUT2D eigenvalue weighted by molar-refractivity contribution is 6.23. The van der Waals surface area contributed by atoms with E-state index in [-0.39, 0.29) is 0 Å². The molecular weight excluding hydrogens is 580 g/mol. The lowest BCUT2D eigenvalue weighted by molar-refractivity contribution is 0.316. The van der Waals surface area contributed by atoms with Crippen molar-refractivity contribution in [2.24, 2.45) is 0 Å². The molecule has 5 heterocycles. The maximum absolute atomic E-state index is 5.39. The fourth-order valence-corrected chi connectivity index (χ4v) is 6.23. The second-order valence-corrected chi connectivity index (χ2v) is 11.3. The summed E-state index contributed by atoms with van der Waals surface area (Å²) in [6, 6.07) is 44.9. The van der Waals surface area contributed by atoms with Crippen LogP contribution in [-0.2, 0) is 0 Å². The molecule has 0 unspecified atom stereocenters. The van der Waals surface area contributed by atoms with Gasteiger partial charge in [-0.05, 0) is 75.5 Å². The molecule has 0 aliphatic carbocycles. The molecule has 0 atom stereocenters. The van der Waals surface area contributed by atoms with Crippen molar-refractivity contribution >= 4 is 32.7 Å². The molecule has 9 rings (SSSR count). The van der Waals surface area contributed by atoms with Crippen LogP contribution in [0.1, 0.15) is 0 Å². The van der Waals surface area contributed by atoms with Crippen LogP contribution in [-0.4, -0.2) is 30.2 Å². The Morgan fingerprint density at radius 3 is 1.77 bits per heavy atom. The van der Waals surface area contributed by atoms with Crippen LogP contribution in [0.4, 0.5) is 0 Å². The minimum absolute atomic E-state index is 0.708. The van der Waals surface area contributed by atoms with Crippen molar-refractivity contribution in [1.82, 2.24) is 30.2 Å². The molecule has 0 spiro atoms. The topological polar surface area (TPSA) is 90.5 Å². The summed E-state index contributed by atoms with van der Waals surface area (Å²) >= 11 is 0. The molecule has 0 fully saturated rings. The Morgan fingerprint density at radius 1 is 0.426 bits per heavy atom. The van der Waals surface area contributed by atoms with E-state index >= 15 is 0 Å². The average Bonchev–Trinajstić information content (AvgIpc) is 3.65. The number of hydrogen-bond donors (Lipinski definition) is 0. The Labute approximate surface area is 269 Å². The summed E-state index contributed by atoms with van der Waals surface area (Å²) < 4.78 is 5.39. The number of hydrogen-bond acceptors (Lipinski definition) is 7. The third-order valence-electron chi connectivity index (χ3n) is 8.46. The van der Waals surface area contributed by atoms with Crippen molar-refractivity contribution in [3.63, 3.8) is 0 Å².